The van der Waals surface area contributed by atoms with Crippen molar-refractivity contribution in [1.82, 2.24) is 0 Å². The van der Waals surface area contributed by atoms with E-state index in [0.717, 1.165) is 29.2 Å². The first kappa shape index (κ1) is 15.5. The van der Waals surface area contributed by atoms with Crippen molar-refractivity contribution in [3.05, 3.63) is 53.1 Å². The molecule has 3 nitrogen and oxygen atoms in total. The van der Waals surface area contributed by atoms with Crippen molar-refractivity contribution < 1.29 is 9.47 Å². The van der Waals surface area contributed by atoms with Crippen molar-refractivity contribution >= 4 is 17.3 Å². The van der Waals surface area contributed by atoms with Crippen LogP contribution in [0.2, 0.25) is 5.02 Å². The summed E-state index contributed by atoms with van der Waals surface area (Å²) in [6, 6.07) is 13.5. The lowest BCUT2D eigenvalue weighted by molar-refractivity contribution is 0.319. The highest BCUT2D eigenvalue weighted by molar-refractivity contribution is 6.30. The molecule has 2 rings (SSSR count). The smallest absolute Gasteiger partial charge is 0.142 e. The van der Waals surface area contributed by atoms with Crippen LogP contribution in [0.25, 0.3) is 0 Å². The largest absolute Gasteiger partial charge is 0.496 e. The maximum Gasteiger partial charge on any atom is 0.142 e. The molecule has 0 saturated heterocycles. The van der Waals surface area contributed by atoms with Crippen molar-refractivity contribution in [2.75, 3.05) is 19.0 Å². The van der Waals surface area contributed by atoms with Gasteiger partial charge < -0.3 is 14.8 Å². The number of methoxy groups -OCH3 is 1. The number of anilines is 1. The Hall–Kier alpha value is -1.87. The number of benzene rings is 2. The number of halogens is 1. The van der Waals surface area contributed by atoms with Gasteiger partial charge in [0.1, 0.15) is 11.5 Å². The van der Waals surface area contributed by atoms with E-state index in [1.807, 2.05) is 42.5 Å². The molecule has 0 spiro atoms. The molecular formula is C17H20ClNO2. The molecule has 2 aromatic rings. The molecule has 112 valence electrons. The second-order valence-electron chi connectivity index (χ2n) is 4.65. The fraction of sp³-hybridized carbons (Fsp3) is 0.294. The molecule has 2 aromatic carbocycles. The molecule has 0 aromatic heterocycles. The van der Waals surface area contributed by atoms with Crippen molar-refractivity contribution in [2.45, 2.75) is 19.9 Å². The Labute approximate surface area is 130 Å². The Morgan fingerprint density at radius 3 is 2.67 bits per heavy atom. The first-order valence-electron chi connectivity index (χ1n) is 7.02. The summed E-state index contributed by atoms with van der Waals surface area (Å²) in [7, 11) is 1.67. The lowest BCUT2D eigenvalue weighted by atomic mass is 10.2. The van der Waals surface area contributed by atoms with Crippen LogP contribution >= 0.6 is 11.6 Å². The Balaban J connectivity index is 2.13. The van der Waals surface area contributed by atoms with E-state index in [2.05, 4.69) is 12.2 Å². The molecule has 0 heterocycles. The van der Waals surface area contributed by atoms with Gasteiger partial charge in [-0.25, -0.2) is 0 Å². The summed E-state index contributed by atoms with van der Waals surface area (Å²) in [5.74, 6) is 1.68. The number of hydrogen-bond acceptors (Lipinski definition) is 3. The summed E-state index contributed by atoms with van der Waals surface area (Å²) in [6.07, 6.45) is 0.967. The van der Waals surface area contributed by atoms with Crippen molar-refractivity contribution in [3.8, 4) is 11.5 Å². The summed E-state index contributed by atoms with van der Waals surface area (Å²) in [6.45, 7) is 3.41. The van der Waals surface area contributed by atoms with Crippen LogP contribution in [0.3, 0.4) is 0 Å². The molecular weight excluding hydrogens is 286 g/mol. The predicted octanol–water partition coefficient (Wildman–Crippen LogP) is 4.75. The number of rotatable bonds is 7. The summed E-state index contributed by atoms with van der Waals surface area (Å²) >= 11 is 6.07. The van der Waals surface area contributed by atoms with E-state index < -0.39 is 0 Å². The highest BCUT2D eigenvalue weighted by Gasteiger charge is 2.06. The zero-order chi connectivity index (χ0) is 15.1. The number of para-hydroxylation sites is 1. The van der Waals surface area contributed by atoms with Gasteiger partial charge in [-0.3, -0.25) is 0 Å². The number of ether oxygens (including phenoxy) is 2. The zero-order valence-corrected chi connectivity index (χ0v) is 13.1. The molecule has 0 atom stereocenters. The fourth-order valence-corrected chi connectivity index (χ4v) is 2.19. The third-order valence-electron chi connectivity index (χ3n) is 3.07. The Morgan fingerprint density at radius 1 is 1.10 bits per heavy atom. The molecule has 21 heavy (non-hydrogen) atoms. The fourth-order valence-electron chi connectivity index (χ4n) is 2.02. The Morgan fingerprint density at radius 2 is 1.90 bits per heavy atom. The minimum Gasteiger partial charge on any atom is -0.496 e. The minimum absolute atomic E-state index is 0.646. The molecule has 0 bridgehead atoms. The van der Waals surface area contributed by atoms with Gasteiger partial charge in [-0.2, -0.15) is 0 Å². The average Bonchev–Trinajstić information content (AvgIpc) is 2.52. The van der Waals surface area contributed by atoms with Crippen LogP contribution in [-0.4, -0.2) is 13.7 Å². The van der Waals surface area contributed by atoms with Gasteiger partial charge in [-0.15, -0.1) is 0 Å². The molecule has 0 radical (unpaired) electrons. The van der Waals surface area contributed by atoms with Gasteiger partial charge in [0.2, 0.25) is 0 Å². The van der Waals surface area contributed by atoms with Crippen LogP contribution in [-0.2, 0) is 6.54 Å². The van der Waals surface area contributed by atoms with Gasteiger partial charge in [0, 0.05) is 17.1 Å². The highest BCUT2D eigenvalue weighted by Crippen LogP contribution is 2.29. The molecule has 0 aliphatic heterocycles. The van der Waals surface area contributed by atoms with Crippen LogP contribution in [0.5, 0.6) is 11.5 Å². The minimum atomic E-state index is 0.646. The van der Waals surface area contributed by atoms with Crippen molar-refractivity contribution in [3.63, 3.8) is 0 Å². The average molecular weight is 306 g/mol. The molecule has 0 aliphatic rings. The van der Waals surface area contributed by atoms with Gasteiger partial charge >= 0.3 is 0 Å². The number of nitrogens with one attached hydrogen (secondary N) is 1. The Bertz CT molecular complexity index is 587. The van der Waals surface area contributed by atoms with E-state index in [1.165, 1.54) is 0 Å². The number of hydrogen-bond donors (Lipinski definition) is 1. The maximum absolute atomic E-state index is 6.07. The predicted molar refractivity (Wildman–Crippen MR) is 87.6 cm³/mol. The topological polar surface area (TPSA) is 30.5 Å². The molecule has 0 aliphatic carbocycles. The molecule has 4 heteroatoms. The van der Waals surface area contributed by atoms with Gasteiger partial charge in [0.05, 0.1) is 19.4 Å². The van der Waals surface area contributed by atoms with Gasteiger partial charge in [0.15, 0.2) is 0 Å². The van der Waals surface area contributed by atoms with E-state index in [0.29, 0.717) is 18.2 Å². The maximum atomic E-state index is 6.07. The van der Waals surface area contributed by atoms with E-state index in [9.17, 15) is 0 Å². The second kappa shape index (κ2) is 7.79. The van der Waals surface area contributed by atoms with Crippen LogP contribution in [0, 0.1) is 0 Å². The molecule has 0 saturated carbocycles. The van der Waals surface area contributed by atoms with Crippen molar-refractivity contribution in [1.29, 1.82) is 0 Å². The van der Waals surface area contributed by atoms with E-state index in [-0.39, 0.29) is 0 Å². The van der Waals surface area contributed by atoms with Gasteiger partial charge in [0.25, 0.3) is 0 Å². The third kappa shape index (κ3) is 4.30. The molecule has 0 amide bonds. The summed E-state index contributed by atoms with van der Waals surface area (Å²) in [5.41, 5.74) is 1.98. The monoisotopic (exact) mass is 305 g/mol. The van der Waals surface area contributed by atoms with Gasteiger partial charge in [-0.1, -0.05) is 36.7 Å². The zero-order valence-electron chi connectivity index (χ0n) is 12.4. The standard InChI is InChI=1S/C17H20ClNO2/c1-3-10-21-17-9-8-14(18)11-15(17)19-12-13-6-4-5-7-16(13)20-2/h4-9,11,19H,3,10,12H2,1-2H3. The van der Waals surface area contributed by atoms with Crippen LogP contribution in [0.4, 0.5) is 5.69 Å². The second-order valence-corrected chi connectivity index (χ2v) is 5.09. The lowest BCUT2D eigenvalue weighted by Crippen LogP contribution is -2.04. The van der Waals surface area contributed by atoms with E-state index in [4.69, 9.17) is 21.1 Å². The third-order valence-corrected chi connectivity index (χ3v) is 3.30. The van der Waals surface area contributed by atoms with E-state index >= 15 is 0 Å². The normalized spacial score (nSPS) is 10.2. The van der Waals surface area contributed by atoms with Crippen LogP contribution < -0.4 is 14.8 Å². The molecule has 0 fully saturated rings. The van der Waals surface area contributed by atoms with E-state index in [1.54, 1.807) is 7.11 Å². The van der Waals surface area contributed by atoms with Crippen molar-refractivity contribution in [2.24, 2.45) is 0 Å². The van der Waals surface area contributed by atoms with Crippen LogP contribution in [0.15, 0.2) is 42.5 Å². The first-order valence-corrected chi connectivity index (χ1v) is 7.40. The lowest BCUT2D eigenvalue weighted by Gasteiger charge is -2.14. The molecule has 1 N–H and O–H groups in total. The quantitative estimate of drug-likeness (QED) is 0.800. The highest BCUT2D eigenvalue weighted by atomic mass is 35.5. The summed E-state index contributed by atoms with van der Waals surface area (Å²) in [4.78, 5) is 0. The summed E-state index contributed by atoms with van der Waals surface area (Å²) in [5, 5.41) is 4.05. The molecule has 0 unspecified atom stereocenters. The SMILES string of the molecule is CCCOc1ccc(Cl)cc1NCc1ccccc1OC. The first-order chi connectivity index (χ1) is 10.2. The van der Waals surface area contributed by atoms with Crippen LogP contribution in [0.1, 0.15) is 18.9 Å². The van der Waals surface area contributed by atoms with Gasteiger partial charge in [-0.05, 0) is 30.7 Å². The summed E-state index contributed by atoms with van der Waals surface area (Å²) < 4.78 is 11.1. The Kier molecular flexibility index (Phi) is 5.76.